The minimum absolute atomic E-state index is 0.0789. The molecule has 7 heteroatoms. The van der Waals surface area contributed by atoms with Crippen LogP contribution in [0.2, 0.25) is 0 Å². The van der Waals surface area contributed by atoms with Crippen molar-refractivity contribution in [2.45, 2.75) is 38.4 Å². The molecule has 0 heterocycles. The Morgan fingerprint density at radius 2 is 1.78 bits per heavy atom. The summed E-state index contributed by atoms with van der Waals surface area (Å²) < 4.78 is 36.1. The highest BCUT2D eigenvalue weighted by atomic mass is 19.4. The lowest BCUT2D eigenvalue weighted by Crippen LogP contribution is -2.54. The highest BCUT2D eigenvalue weighted by Crippen LogP contribution is 2.19. The second kappa shape index (κ2) is 6.94. The van der Waals surface area contributed by atoms with E-state index < -0.39 is 24.0 Å². The number of hydrogen-bond acceptors (Lipinski definition) is 3. The number of alkyl halides is 3. The van der Waals surface area contributed by atoms with Crippen molar-refractivity contribution in [3.63, 3.8) is 0 Å². The molecule has 0 aromatic carbocycles. The summed E-state index contributed by atoms with van der Waals surface area (Å²) >= 11 is 0. The van der Waals surface area contributed by atoms with E-state index in [-0.39, 0.29) is 6.54 Å². The van der Waals surface area contributed by atoms with Gasteiger partial charge >= 0.3 is 6.18 Å². The van der Waals surface area contributed by atoms with Gasteiger partial charge in [-0.05, 0) is 26.9 Å². The van der Waals surface area contributed by atoms with Crippen molar-refractivity contribution in [1.82, 2.24) is 10.2 Å². The number of hydrogen-bond donors (Lipinski definition) is 2. The van der Waals surface area contributed by atoms with Crippen molar-refractivity contribution in [2.24, 2.45) is 5.73 Å². The van der Waals surface area contributed by atoms with Crippen LogP contribution in [-0.2, 0) is 4.79 Å². The van der Waals surface area contributed by atoms with Gasteiger partial charge in [-0.25, -0.2) is 0 Å². The summed E-state index contributed by atoms with van der Waals surface area (Å²) in [6.45, 7) is 4.38. The van der Waals surface area contributed by atoms with Crippen LogP contribution in [0.15, 0.2) is 0 Å². The van der Waals surface area contributed by atoms with Crippen molar-refractivity contribution in [3.8, 4) is 0 Å². The normalized spacial score (nSPS) is 15.7. The predicted molar refractivity (Wildman–Crippen MR) is 64.1 cm³/mol. The van der Waals surface area contributed by atoms with Crippen molar-refractivity contribution in [3.05, 3.63) is 0 Å². The number of carbonyl (C=O) groups excluding carboxylic acids is 1. The summed E-state index contributed by atoms with van der Waals surface area (Å²) in [7, 11) is 1.60. The highest BCUT2D eigenvalue weighted by molar-refractivity contribution is 5.84. The van der Waals surface area contributed by atoms with Gasteiger partial charge in [-0.2, -0.15) is 13.2 Å². The summed E-state index contributed by atoms with van der Waals surface area (Å²) in [6, 6.07) is 0. The van der Waals surface area contributed by atoms with Gasteiger partial charge in [-0.3, -0.25) is 4.79 Å². The van der Waals surface area contributed by atoms with Crippen LogP contribution in [0.5, 0.6) is 0 Å². The molecule has 0 aromatic rings. The van der Waals surface area contributed by atoms with E-state index in [1.54, 1.807) is 18.9 Å². The number of halogens is 3. The highest BCUT2D eigenvalue weighted by Gasteiger charge is 2.31. The number of amides is 1. The second-order valence-electron chi connectivity index (χ2n) is 4.65. The topological polar surface area (TPSA) is 58.4 Å². The largest absolute Gasteiger partial charge is 0.390 e. The minimum Gasteiger partial charge on any atom is -0.368 e. The lowest BCUT2D eigenvalue weighted by atomic mass is 9.96. The molecule has 0 aliphatic heterocycles. The Morgan fingerprint density at radius 1 is 1.28 bits per heavy atom. The van der Waals surface area contributed by atoms with Crippen LogP contribution in [0.4, 0.5) is 13.2 Å². The molecule has 3 N–H and O–H groups in total. The van der Waals surface area contributed by atoms with E-state index in [4.69, 9.17) is 5.73 Å². The smallest absolute Gasteiger partial charge is 0.368 e. The number of likely N-dealkylation sites (N-methyl/N-ethyl adjacent to an activating group) is 1. The molecule has 0 saturated heterocycles. The molecular weight excluding hydrogens is 247 g/mol. The van der Waals surface area contributed by atoms with Crippen LogP contribution in [0.1, 0.15) is 26.7 Å². The lowest BCUT2D eigenvalue weighted by molar-refractivity contribution is -0.137. The minimum atomic E-state index is -4.15. The van der Waals surface area contributed by atoms with Crippen LogP contribution in [0.25, 0.3) is 0 Å². The van der Waals surface area contributed by atoms with E-state index in [1.165, 1.54) is 0 Å². The molecule has 1 atom stereocenters. The zero-order valence-electron chi connectivity index (χ0n) is 11.1. The molecule has 18 heavy (non-hydrogen) atoms. The first kappa shape index (κ1) is 17.2. The van der Waals surface area contributed by atoms with E-state index >= 15 is 0 Å². The van der Waals surface area contributed by atoms with Crippen molar-refractivity contribution in [1.29, 1.82) is 0 Å². The summed E-state index contributed by atoms with van der Waals surface area (Å²) in [5, 5.41) is 2.96. The van der Waals surface area contributed by atoms with Gasteiger partial charge in [-0.15, -0.1) is 0 Å². The van der Waals surface area contributed by atoms with Crippen LogP contribution < -0.4 is 11.1 Å². The van der Waals surface area contributed by atoms with Gasteiger partial charge in [0.15, 0.2) is 0 Å². The molecule has 108 valence electrons. The number of nitrogens with two attached hydrogens (primary N) is 1. The van der Waals surface area contributed by atoms with Gasteiger partial charge in [0.2, 0.25) is 5.91 Å². The maximum Gasteiger partial charge on any atom is 0.390 e. The SMILES string of the molecule is CCNC(C)(CCN(C)CCC(F)(F)F)C(N)=O. The van der Waals surface area contributed by atoms with Crippen LogP contribution in [-0.4, -0.2) is 49.2 Å². The van der Waals surface area contributed by atoms with E-state index in [9.17, 15) is 18.0 Å². The summed E-state index contributed by atoms with van der Waals surface area (Å²) in [4.78, 5) is 12.8. The molecule has 1 unspecified atom stereocenters. The molecule has 1 amide bonds. The third-order valence-electron chi connectivity index (χ3n) is 2.88. The average Bonchev–Trinajstić information content (AvgIpc) is 2.22. The summed E-state index contributed by atoms with van der Waals surface area (Å²) in [5.41, 5.74) is 4.41. The summed E-state index contributed by atoms with van der Waals surface area (Å²) in [5.74, 6) is -0.492. The molecular formula is C11H22F3N3O. The van der Waals surface area contributed by atoms with Gasteiger partial charge in [0.1, 0.15) is 0 Å². The molecule has 0 rings (SSSR count). The van der Waals surface area contributed by atoms with Crippen LogP contribution in [0, 0.1) is 0 Å². The molecule has 0 aliphatic carbocycles. The Labute approximate surface area is 106 Å². The van der Waals surface area contributed by atoms with Gasteiger partial charge in [0.05, 0.1) is 12.0 Å². The molecule has 0 aliphatic rings. The Morgan fingerprint density at radius 3 is 2.17 bits per heavy atom. The van der Waals surface area contributed by atoms with E-state index in [0.717, 1.165) is 0 Å². The maximum atomic E-state index is 12.0. The van der Waals surface area contributed by atoms with Crippen molar-refractivity contribution in [2.75, 3.05) is 26.7 Å². The number of rotatable bonds is 8. The molecule has 0 bridgehead atoms. The molecule has 0 aromatic heterocycles. The number of nitrogens with zero attached hydrogens (tertiary/aromatic N) is 1. The van der Waals surface area contributed by atoms with Crippen molar-refractivity contribution < 1.29 is 18.0 Å². The standard InChI is InChI=1S/C11H22F3N3O/c1-4-16-10(2,9(15)18)5-7-17(3)8-6-11(12,13)14/h16H,4-8H2,1-3H3,(H2,15,18). The van der Waals surface area contributed by atoms with Gasteiger partial charge in [-0.1, -0.05) is 6.92 Å². The fraction of sp³-hybridized carbons (Fsp3) is 0.909. The van der Waals surface area contributed by atoms with E-state index in [0.29, 0.717) is 19.5 Å². The lowest BCUT2D eigenvalue weighted by Gasteiger charge is -2.29. The summed E-state index contributed by atoms with van der Waals surface area (Å²) in [6.07, 6.45) is -4.62. The van der Waals surface area contributed by atoms with Gasteiger partial charge in [0.25, 0.3) is 0 Å². The van der Waals surface area contributed by atoms with Gasteiger partial charge in [0, 0.05) is 13.1 Å². The Balaban J connectivity index is 4.16. The Hall–Kier alpha value is -0.820. The van der Waals surface area contributed by atoms with Crippen LogP contribution in [0.3, 0.4) is 0 Å². The fourth-order valence-corrected chi connectivity index (χ4v) is 1.53. The third kappa shape index (κ3) is 6.80. The fourth-order valence-electron chi connectivity index (χ4n) is 1.53. The zero-order chi connectivity index (χ0) is 14.4. The van der Waals surface area contributed by atoms with E-state index in [1.807, 2.05) is 6.92 Å². The second-order valence-corrected chi connectivity index (χ2v) is 4.65. The predicted octanol–water partition coefficient (Wildman–Crippen LogP) is 1.11. The first-order valence-corrected chi connectivity index (χ1v) is 5.91. The Bertz CT molecular complexity index is 271. The molecule has 4 nitrogen and oxygen atoms in total. The van der Waals surface area contributed by atoms with Gasteiger partial charge < -0.3 is 16.0 Å². The quantitative estimate of drug-likeness (QED) is 0.694. The van der Waals surface area contributed by atoms with Crippen LogP contribution >= 0.6 is 0 Å². The average molecular weight is 269 g/mol. The molecule has 0 radical (unpaired) electrons. The number of nitrogens with one attached hydrogen (secondary N) is 1. The van der Waals surface area contributed by atoms with E-state index in [2.05, 4.69) is 5.32 Å². The monoisotopic (exact) mass is 269 g/mol. The Kier molecular flexibility index (Phi) is 6.62. The third-order valence-corrected chi connectivity index (χ3v) is 2.88. The number of primary amides is 1. The zero-order valence-corrected chi connectivity index (χ0v) is 11.1. The molecule has 0 fully saturated rings. The maximum absolute atomic E-state index is 12.0. The molecule has 0 spiro atoms. The van der Waals surface area contributed by atoms with Crippen molar-refractivity contribution >= 4 is 5.91 Å². The molecule has 0 saturated carbocycles. The number of carbonyl (C=O) groups is 1. The first-order chi connectivity index (χ1) is 8.10. The first-order valence-electron chi connectivity index (χ1n) is 5.91.